The topological polar surface area (TPSA) is 59.2 Å². The molecule has 4 nitrogen and oxygen atoms in total. The maximum atomic E-state index is 12.5. The van der Waals surface area contributed by atoms with Crippen molar-refractivity contribution >= 4 is 20.7 Å². The van der Waals surface area contributed by atoms with Crippen LogP contribution in [0.3, 0.4) is 0 Å². The largest absolute Gasteiger partial charge is 0.497 e. The molecule has 3 rings (SSSR count). The van der Waals surface area contributed by atoms with Crippen LogP contribution in [0.2, 0.25) is 0 Å². The predicted octanol–water partition coefficient (Wildman–Crippen LogP) is 3.01. The van der Waals surface area contributed by atoms with Crippen LogP contribution < -0.4 is 4.74 Å². The first kappa shape index (κ1) is 12.7. The van der Waals surface area contributed by atoms with Gasteiger partial charge in [-0.15, -0.1) is 0 Å². The zero-order chi connectivity index (χ0) is 14.2. The normalized spacial score (nSPS) is 11.7. The Morgan fingerprint density at radius 2 is 1.75 bits per heavy atom. The third-order valence-electron chi connectivity index (χ3n) is 3.15. The minimum atomic E-state index is -3.52. The fourth-order valence-corrected chi connectivity index (χ4v) is 3.38. The van der Waals surface area contributed by atoms with Gasteiger partial charge in [0.05, 0.1) is 12.0 Å². The average molecular weight is 287 g/mol. The summed E-state index contributed by atoms with van der Waals surface area (Å²) in [5, 5.41) is 0.991. The Hall–Kier alpha value is -2.27. The lowest BCUT2D eigenvalue weighted by Crippen LogP contribution is -2.01. The van der Waals surface area contributed by atoms with E-state index in [1.807, 2.05) is 0 Å². The van der Waals surface area contributed by atoms with Crippen LogP contribution in [-0.2, 0) is 9.84 Å². The molecule has 102 valence electrons. The number of benzene rings is 2. The zero-order valence-electron chi connectivity index (χ0n) is 10.8. The number of rotatable bonds is 3. The van der Waals surface area contributed by atoms with E-state index in [0.717, 1.165) is 10.9 Å². The summed E-state index contributed by atoms with van der Waals surface area (Å²) in [6, 6.07) is 15.4. The molecule has 0 saturated carbocycles. The molecule has 5 heteroatoms. The fourth-order valence-electron chi connectivity index (χ4n) is 2.08. The third kappa shape index (κ3) is 2.06. The van der Waals surface area contributed by atoms with E-state index in [9.17, 15) is 8.42 Å². The number of sulfone groups is 1. The first-order valence-electron chi connectivity index (χ1n) is 6.08. The maximum Gasteiger partial charge on any atom is 0.221 e. The molecule has 0 aliphatic carbocycles. The minimum absolute atomic E-state index is 0.187. The van der Waals surface area contributed by atoms with Gasteiger partial charge >= 0.3 is 0 Å². The smallest absolute Gasteiger partial charge is 0.221 e. The van der Waals surface area contributed by atoms with E-state index >= 15 is 0 Å². The molecule has 1 heterocycles. The number of hydrogen-bond acceptors (Lipinski definition) is 3. The van der Waals surface area contributed by atoms with Crippen molar-refractivity contribution in [3.8, 4) is 5.75 Å². The van der Waals surface area contributed by atoms with Crippen LogP contribution in [0, 0.1) is 0 Å². The first-order chi connectivity index (χ1) is 9.61. The minimum Gasteiger partial charge on any atom is -0.497 e. The molecular formula is C15H13NO3S. The van der Waals surface area contributed by atoms with E-state index in [1.165, 1.54) is 0 Å². The third-order valence-corrected chi connectivity index (χ3v) is 4.84. The SMILES string of the molecule is COc1ccc2[nH]c(S(=O)(=O)c3ccccc3)cc2c1. The maximum absolute atomic E-state index is 12.5. The number of H-pyrrole nitrogens is 1. The van der Waals surface area contributed by atoms with Crippen molar-refractivity contribution < 1.29 is 13.2 Å². The monoisotopic (exact) mass is 287 g/mol. The van der Waals surface area contributed by atoms with Gasteiger partial charge in [-0.1, -0.05) is 18.2 Å². The van der Waals surface area contributed by atoms with Crippen molar-refractivity contribution in [2.45, 2.75) is 9.92 Å². The van der Waals surface area contributed by atoms with E-state index in [1.54, 1.807) is 61.7 Å². The molecule has 0 spiro atoms. The Bertz CT molecular complexity index is 851. The van der Waals surface area contributed by atoms with Gasteiger partial charge in [-0.2, -0.15) is 0 Å². The Morgan fingerprint density at radius 3 is 2.45 bits per heavy atom. The van der Waals surface area contributed by atoms with Crippen LogP contribution in [0.25, 0.3) is 10.9 Å². The Morgan fingerprint density at radius 1 is 1.00 bits per heavy atom. The van der Waals surface area contributed by atoms with Gasteiger partial charge in [0.25, 0.3) is 0 Å². The molecule has 0 saturated heterocycles. The van der Waals surface area contributed by atoms with Gasteiger partial charge in [0.15, 0.2) is 0 Å². The number of aromatic nitrogens is 1. The van der Waals surface area contributed by atoms with Crippen LogP contribution in [0.1, 0.15) is 0 Å². The summed E-state index contributed by atoms with van der Waals surface area (Å²) < 4.78 is 30.1. The van der Waals surface area contributed by atoms with Gasteiger partial charge in [-0.3, -0.25) is 0 Å². The highest BCUT2D eigenvalue weighted by Crippen LogP contribution is 2.26. The lowest BCUT2D eigenvalue weighted by atomic mass is 10.2. The molecule has 0 bridgehead atoms. The van der Waals surface area contributed by atoms with Crippen molar-refractivity contribution in [1.82, 2.24) is 4.98 Å². The van der Waals surface area contributed by atoms with Gasteiger partial charge in [-0.05, 0) is 36.4 Å². The molecule has 1 aromatic heterocycles. The highest BCUT2D eigenvalue weighted by atomic mass is 32.2. The lowest BCUT2D eigenvalue weighted by molar-refractivity contribution is 0.415. The summed E-state index contributed by atoms with van der Waals surface area (Å²) >= 11 is 0. The van der Waals surface area contributed by atoms with Gasteiger partial charge in [0.2, 0.25) is 9.84 Å². The van der Waals surface area contributed by atoms with Crippen LogP contribution in [-0.4, -0.2) is 20.5 Å². The van der Waals surface area contributed by atoms with E-state index in [-0.39, 0.29) is 9.92 Å². The van der Waals surface area contributed by atoms with Crippen LogP contribution in [0.4, 0.5) is 0 Å². The van der Waals surface area contributed by atoms with E-state index < -0.39 is 9.84 Å². The summed E-state index contributed by atoms with van der Waals surface area (Å²) in [4.78, 5) is 3.22. The molecule has 2 aromatic carbocycles. The second-order valence-corrected chi connectivity index (χ2v) is 6.32. The summed E-state index contributed by atoms with van der Waals surface area (Å²) in [5.74, 6) is 0.695. The number of fused-ring (bicyclic) bond motifs is 1. The lowest BCUT2D eigenvalue weighted by Gasteiger charge is -2.00. The number of aromatic amines is 1. The van der Waals surface area contributed by atoms with Gasteiger partial charge in [0.1, 0.15) is 10.8 Å². The molecule has 0 fully saturated rings. The van der Waals surface area contributed by atoms with Crippen LogP contribution in [0.15, 0.2) is 64.5 Å². The molecule has 0 aliphatic rings. The molecule has 0 radical (unpaired) electrons. The second kappa shape index (κ2) is 4.68. The van der Waals surface area contributed by atoms with Crippen LogP contribution in [0.5, 0.6) is 5.75 Å². The summed E-state index contributed by atoms with van der Waals surface area (Å²) in [6.45, 7) is 0. The number of ether oxygens (including phenoxy) is 1. The van der Waals surface area contributed by atoms with Gasteiger partial charge in [0, 0.05) is 10.9 Å². The fraction of sp³-hybridized carbons (Fsp3) is 0.0667. The zero-order valence-corrected chi connectivity index (χ0v) is 11.6. The molecule has 0 amide bonds. The number of nitrogens with one attached hydrogen (secondary N) is 1. The highest BCUT2D eigenvalue weighted by molar-refractivity contribution is 7.91. The van der Waals surface area contributed by atoms with Gasteiger partial charge in [-0.25, -0.2) is 8.42 Å². The van der Waals surface area contributed by atoms with Crippen molar-refractivity contribution in [1.29, 1.82) is 0 Å². The van der Waals surface area contributed by atoms with Crippen molar-refractivity contribution in [2.24, 2.45) is 0 Å². The molecule has 3 aromatic rings. The van der Waals surface area contributed by atoms with E-state index in [2.05, 4.69) is 4.98 Å². The molecule has 0 atom stereocenters. The van der Waals surface area contributed by atoms with Gasteiger partial charge < -0.3 is 9.72 Å². The van der Waals surface area contributed by atoms with Crippen LogP contribution >= 0.6 is 0 Å². The molecular weight excluding hydrogens is 274 g/mol. The number of methoxy groups -OCH3 is 1. The standard InChI is InChI=1S/C15H13NO3S/c1-19-12-7-8-14-11(9-12)10-15(16-14)20(17,18)13-5-3-2-4-6-13/h2-10,16H,1H3. The Balaban J connectivity index is 2.15. The summed E-state index contributed by atoms with van der Waals surface area (Å²) in [7, 11) is -1.94. The molecule has 1 N–H and O–H groups in total. The second-order valence-electron chi connectivity index (χ2n) is 4.40. The van der Waals surface area contributed by atoms with Crippen molar-refractivity contribution in [2.75, 3.05) is 7.11 Å². The van der Waals surface area contributed by atoms with E-state index in [0.29, 0.717) is 5.75 Å². The first-order valence-corrected chi connectivity index (χ1v) is 7.56. The average Bonchev–Trinajstić information content (AvgIpc) is 2.91. The summed E-state index contributed by atoms with van der Waals surface area (Å²) in [6.07, 6.45) is 0. The highest BCUT2D eigenvalue weighted by Gasteiger charge is 2.19. The molecule has 0 unspecified atom stereocenters. The van der Waals surface area contributed by atoms with Crippen molar-refractivity contribution in [3.05, 3.63) is 54.6 Å². The molecule has 20 heavy (non-hydrogen) atoms. The Labute approximate surface area is 116 Å². The predicted molar refractivity (Wildman–Crippen MR) is 76.7 cm³/mol. The number of hydrogen-bond donors (Lipinski definition) is 1. The summed E-state index contributed by atoms with van der Waals surface area (Å²) in [5.41, 5.74) is 0.764. The van der Waals surface area contributed by atoms with Crippen molar-refractivity contribution in [3.63, 3.8) is 0 Å². The van der Waals surface area contributed by atoms with E-state index in [4.69, 9.17) is 4.74 Å². The Kier molecular flexibility index (Phi) is 2.99. The molecule has 0 aliphatic heterocycles. The quantitative estimate of drug-likeness (QED) is 0.805.